The van der Waals surface area contributed by atoms with Crippen LogP contribution >= 0.6 is 0 Å². The Morgan fingerprint density at radius 3 is 2.42 bits per heavy atom. The molecule has 0 saturated heterocycles. The molecule has 2 unspecified atom stereocenters. The van der Waals surface area contributed by atoms with Crippen LogP contribution in [0.2, 0.25) is 0 Å². The summed E-state index contributed by atoms with van der Waals surface area (Å²) < 4.78 is 0. The normalized spacial score (nSPS) is 57.2. The Morgan fingerprint density at radius 2 is 1.53 bits per heavy atom. The maximum absolute atomic E-state index is 2.64. The Kier molecular flexibility index (Phi) is 3.01. The zero-order valence-electron chi connectivity index (χ0n) is 13.0. The van der Waals surface area contributed by atoms with Gasteiger partial charge in [0.05, 0.1) is 0 Å². The summed E-state index contributed by atoms with van der Waals surface area (Å²) in [5.41, 5.74) is 0.738. The van der Waals surface area contributed by atoms with E-state index in [1.54, 1.807) is 44.9 Å². The van der Waals surface area contributed by atoms with E-state index in [1.807, 2.05) is 0 Å². The Bertz CT molecular complexity index is 346. The zero-order chi connectivity index (χ0) is 13.0. The van der Waals surface area contributed by atoms with Gasteiger partial charge in [-0.3, -0.25) is 0 Å². The van der Waals surface area contributed by atoms with Gasteiger partial charge in [-0.05, 0) is 85.9 Å². The molecule has 0 amide bonds. The predicted octanol–water partition coefficient (Wildman–Crippen LogP) is 5.67. The third-order valence-electron chi connectivity index (χ3n) is 8.04. The van der Waals surface area contributed by atoms with Crippen LogP contribution in [0, 0.1) is 40.9 Å². The standard InChI is InChI=1S/C19H32/c1-13-9-11-19(2)12-10-16-15-6-4-3-5-14(15)7-8-17(16)18(13)19/h13-18H,3-12H2,1-2H3/t13?,14?,15-,16+,17+,18-,19-/m0/s1. The van der Waals surface area contributed by atoms with E-state index in [-0.39, 0.29) is 0 Å². The minimum absolute atomic E-state index is 0.738. The fraction of sp³-hybridized carbons (Fsp3) is 1.00. The molecule has 0 heterocycles. The quantitative estimate of drug-likeness (QED) is 0.527. The Hall–Kier alpha value is 0. The van der Waals surface area contributed by atoms with Crippen molar-refractivity contribution in [3.63, 3.8) is 0 Å². The van der Waals surface area contributed by atoms with Crippen molar-refractivity contribution >= 4 is 0 Å². The molecule has 19 heavy (non-hydrogen) atoms. The minimum atomic E-state index is 0.738. The van der Waals surface area contributed by atoms with E-state index in [0.29, 0.717) is 0 Å². The van der Waals surface area contributed by atoms with Crippen LogP contribution in [-0.2, 0) is 0 Å². The third-order valence-corrected chi connectivity index (χ3v) is 8.04. The summed E-state index contributed by atoms with van der Waals surface area (Å²) in [4.78, 5) is 0. The van der Waals surface area contributed by atoms with E-state index in [0.717, 1.165) is 40.9 Å². The van der Waals surface area contributed by atoms with E-state index >= 15 is 0 Å². The lowest BCUT2D eigenvalue weighted by Crippen LogP contribution is -2.47. The van der Waals surface area contributed by atoms with Gasteiger partial charge in [0.15, 0.2) is 0 Å². The van der Waals surface area contributed by atoms with Gasteiger partial charge in [-0.15, -0.1) is 0 Å². The van der Waals surface area contributed by atoms with E-state index in [1.165, 1.54) is 19.3 Å². The molecular weight excluding hydrogens is 228 g/mol. The molecule has 7 atom stereocenters. The third kappa shape index (κ3) is 1.84. The lowest BCUT2D eigenvalue weighted by atomic mass is 9.50. The maximum Gasteiger partial charge on any atom is -0.0292 e. The van der Waals surface area contributed by atoms with Crippen molar-refractivity contribution in [3.8, 4) is 0 Å². The summed E-state index contributed by atoms with van der Waals surface area (Å²) in [6.45, 7) is 5.22. The van der Waals surface area contributed by atoms with Crippen LogP contribution in [0.1, 0.15) is 78.1 Å². The first-order valence-corrected chi connectivity index (χ1v) is 9.19. The lowest BCUT2D eigenvalue weighted by Gasteiger charge is -2.55. The Morgan fingerprint density at radius 1 is 0.737 bits per heavy atom. The summed E-state index contributed by atoms with van der Waals surface area (Å²) in [6, 6.07) is 0. The predicted molar refractivity (Wildman–Crippen MR) is 80.9 cm³/mol. The molecule has 0 spiro atoms. The molecule has 4 fully saturated rings. The first-order chi connectivity index (χ1) is 9.19. The van der Waals surface area contributed by atoms with E-state index in [9.17, 15) is 0 Å². The monoisotopic (exact) mass is 260 g/mol. The SMILES string of the molecule is CC1CC[C@@]2(C)CC[C@H]3[C@@H](CCC4CCCC[C@@H]43)[C@H]12. The summed E-state index contributed by atoms with van der Waals surface area (Å²) in [6.07, 6.45) is 15.6. The highest BCUT2D eigenvalue weighted by atomic mass is 14.6. The molecule has 0 radical (unpaired) electrons. The molecule has 4 aliphatic carbocycles. The van der Waals surface area contributed by atoms with Crippen LogP contribution in [0.25, 0.3) is 0 Å². The van der Waals surface area contributed by atoms with Crippen LogP contribution in [-0.4, -0.2) is 0 Å². The van der Waals surface area contributed by atoms with Crippen molar-refractivity contribution in [2.75, 3.05) is 0 Å². The topological polar surface area (TPSA) is 0 Å². The lowest BCUT2D eigenvalue weighted by molar-refractivity contribution is -0.0604. The number of hydrogen-bond acceptors (Lipinski definition) is 0. The van der Waals surface area contributed by atoms with Crippen LogP contribution in [0.15, 0.2) is 0 Å². The second-order valence-electron chi connectivity index (χ2n) is 8.85. The molecule has 4 saturated carbocycles. The first kappa shape index (κ1) is 12.7. The molecule has 0 bridgehead atoms. The number of fused-ring (bicyclic) bond motifs is 5. The zero-order valence-corrected chi connectivity index (χ0v) is 13.0. The van der Waals surface area contributed by atoms with Crippen molar-refractivity contribution in [2.45, 2.75) is 78.1 Å². The van der Waals surface area contributed by atoms with Gasteiger partial charge in [0.2, 0.25) is 0 Å². The molecule has 0 aliphatic heterocycles. The molecule has 0 N–H and O–H groups in total. The number of rotatable bonds is 0. The average molecular weight is 260 g/mol. The fourth-order valence-corrected chi connectivity index (χ4v) is 7.29. The molecule has 0 nitrogen and oxygen atoms in total. The highest BCUT2D eigenvalue weighted by Gasteiger charge is 2.55. The van der Waals surface area contributed by atoms with Crippen molar-refractivity contribution < 1.29 is 0 Å². The molecule has 0 heteroatoms. The Labute approximate surface area is 119 Å². The molecule has 0 aromatic rings. The first-order valence-electron chi connectivity index (χ1n) is 9.19. The van der Waals surface area contributed by atoms with Crippen LogP contribution in [0.3, 0.4) is 0 Å². The van der Waals surface area contributed by atoms with Gasteiger partial charge in [0.1, 0.15) is 0 Å². The summed E-state index contributed by atoms with van der Waals surface area (Å²) >= 11 is 0. The summed E-state index contributed by atoms with van der Waals surface area (Å²) in [7, 11) is 0. The minimum Gasteiger partial charge on any atom is -0.0622 e. The van der Waals surface area contributed by atoms with Crippen molar-refractivity contribution in [3.05, 3.63) is 0 Å². The van der Waals surface area contributed by atoms with Gasteiger partial charge in [-0.1, -0.05) is 33.1 Å². The van der Waals surface area contributed by atoms with E-state index in [2.05, 4.69) is 13.8 Å². The molecule has 4 aliphatic rings. The van der Waals surface area contributed by atoms with Crippen LogP contribution in [0.5, 0.6) is 0 Å². The van der Waals surface area contributed by atoms with Gasteiger partial charge < -0.3 is 0 Å². The number of hydrogen-bond donors (Lipinski definition) is 0. The van der Waals surface area contributed by atoms with E-state index < -0.39 is 0 Å². The maximum atomic E-state index is 2.64. The highest BCUT2D eigenvalue weighted by Crippen LogP contribution is 2.63. The van der Waals surface area contributed by atoms with Gasteiger partial charge in [-0.25, -0.2) is 0 Å². The molecule has 108 valence electrons. The molecule has 4 rings (SSSR count). The summed E-state index contributed by atoms with van der Waals surface area (Å²) in [5.74, 6) is 6.65. The fourth-order valence-electron chi connectivity index (χ4n) is 7.29. The molecule has 0 aromatic heterocycles. The summed E-state index contributed by atoms with van der Waals surface area (Å²) in [5, 5.41) is 0. The second-order valence-corrected chi connectivity index (χ2v) is 8.85. The Balaban J connectivity index is 1.61. The van der Waals surface area contributed by atoms with Crippen LogP contribution < -0.4 is 0 Å². The smallest absolute Gasteiger partial charge is 0.0292 e. The molecule has 0 aromatic carbocycles. The van der Waals surface area contributed by atoms with Gasteiger partial charge in [-0.2, -0.15) is 0 Å². The van der Waals surface area contributed by atoms with Crippen molar-refractivity contribution in [2.24, 2.45) is 40.9 Å². The van der Waals surface area contributed by atoms with Gasteiger partial charge in [0.25, 0.3) is 0 Å². The largest absolute Gasteiger partial charge is 0.0622 e. The second kappa shape index (κ2) is 4.50. The van der Waals surface area contributed by atoms with Gasteiger partial charge in [0, 0.05) is 0 Å². The molecular formula is C19H32. The highest BCUT2D eigenvalue weighted by molar-refractivity contribution is 5.04. The van der Waals surface area contributed by atoms with Crippen molar-refractivity contribution in [1.82, 2.24) is 0 Å². The van der Waals surface area contributed by atoms with E-state index in [4.69, 9.17) is 0 Å². The van der Waals surface area contributed by atoms with Crippen LogP contribution in [0.4, 0.5) is 0 Å². The van der Waals surface area contributed by atoms with Crippen molar-refractivity contribution in [1.29, 1.82) is 0 Å². The van der Waals surface area contributed by atoms with Gasteiger partial charge >= 0.3 is 0 Å². The average Bonchev–Trinajstić information content (AvgIpc) is 2.74.